The van der Waals surface area contributed by atoms with Gasteiger partial charge in [-0.1, -0.05) is 43.1 Å². The summed E-state index contributed by atoms with van der Waals surface area (Å²) >= 11 is 16.9. The molecule has 98 valence electrons. The van der Waals surface area contributed by atoms with E-state index in [-0.39, 0.29) is 16.9 Å². The molecule has 0 aliphatic heterocycles. The van der Waals surface area contributed by atoms with Crippen LogP contribution in [0.15, 0.2) is 18.2 Å². The highest BCUT2D eigenvalue weighted by atomic mass is 35.5. The molecule has 0 atom stereocenters. The molecule has 1 aromatic rings. The number of anilines is 1. The summed E-state index contributed by atoms with van der Waals surface area (Å²) in [5.74, 6) is 0.156. The topological polar surface area (TPSA) is 41.1 Å². The Balaban J connectivity index is 2.60. The van der Waals surface area contributed by atoms with E-state index in [0.29, 0.717) is 22.2 Å². The van der Waals surface area contributed by atoms with Crippen molar-refractivity contribution in [3.8, 4) is 0 Å². The summed E-state index contributed by atoms with van der Waals surface area (Å²) in [5.41, 5.74) is 0.569. The first kappa shape index (κ1) is 15.2. The van der Waals surface area contributed by atoms with Gasteiger partial charge in [-0.3, -0.25) is 4.79 Å². The summed E-state index contributed by atoms with van der Waals surface area (Å²) in [4.78, 5) is 11.5. The smallest absolute Gasteiger partial charge is 0.226 e. The largest absolute Gasteiger partial charge is 0.331 e. The molecule has 0 spiro atoms. The Morgan fingerprint density at radius 1 is 1.39 bits per heavy atom. The van der Waals surface area contributed by atoms with Crippen molar-refractivity contribution in [3.05, 3.63) is 28.2 Å². The van der Waals surface area contributed by atoms with Crippen molar-refractivity contribution >= 4 is 52.1 Å². The number of benzene rings is 1. The molecule has 0 bridgehead atoms. The Morgan fingerprint density at radius 2 is 2.06 bits per heavy atom. The molecular formula is C12H14Cl2N2OS. The molecule has 0 unspecified atom stereocenters. The summed E-state index contributed by atoms with van der Waals surface area (Å²) in [6, 6.07) is 5.15. The molecule has 1 aromatic carbocycles. The van der Waals surface area contributed by atoms with Crippen LogP contribution < -0.4 is 10.6 Å². The third kappa shape index (κ3) is 4.80. The van der Waals surface area contributed by atoms with Crippen LogP contribution in [0.3, 0.4) is 0 Å². The van der Waals surface area contributed by atoms with E-state index in [2.05, 4.69) is 10.6 Å². The molecule has 2 N–H and O–H groups in total. The van der Waals surface area contributed by atoms with Gasteiger partial charge >= 0.3 is 0 Å². The first-order valence-electron chi connectivity index (χ1n) is 5.45. The Hall–Kier alpha value is -0.840. The number of carbonyl (C=O) groups is 1. The Kier molecular flexibility index (Phi) is 5.85. The van der Waals surface area contributed by atoms with Gasteiger partial charge in [0.05, 0.1) is 15.7 Å². The molecule has 0 saturated heterocycles. The Bertz CT molecular complexity index is 463. The number of rotatable bonds is 3. The van der Waals surface area contributed by atoms with Crippen LogP contribution in [0, 0.1) is 5.92 Å². The van der Waals surface area contributed by atoms with Gasteiger partial charge in [-0.15, -0.1) is 0 Å². The molecule has 0 radical (unpaired) electrons. The molecule has 0 aromatic heterocycles. The molecule has 6 heteroatoms. The van der Waals surface area contributed by atoms with Crippen LogP contribution in [0.25, 0.3) is 0 Å². The fourth-order valence-electron chi connectivity index (χ4n) is 1.30. The number of halogens is 2. The number of nitrogens with one attached hydrogen (secondary N) is 2. The monoisotopic (exact) mass is 304 g/mol. The van der Waals surface area contributed by atoms with E-state index in [0.717, 1.165) is 0 Å². The second kappa shape index (κ2) is 6.92. The van der Waals surface area contributed by atoms with Gasteiger partial charge in [0.2, 0.25) is 5.91 Å². The molecule has 0 fully saturated rings. The third-order valence-electron chi connectivity index (χ3n) is 2.05. The minimum atomic E-state index is -0.124. The standard InChI is InChI=1S/C12H14Cl2N2OS/c1-7(2)6-10(17)16-12(18)15-9-5-3-4-8(13)11(9)14/h3-5,7H,6H2,1-2H3,(H2,15,16,17,18). The number of amides is 1. The first-order chi connectivity index (χ1) is 8.40. The van der Waals surface area contributed by atoms with Crippen LogP contribution in [0.1, 0.15) is 20.3 Å². The third-order valence-corrected chi connectivity index (χ3v) is 3.07. The number of thiocarbonyl (C=S) groups is 1. The summed E-state index contributed by atoms with van der Waals surface area (Å²) in [6.07, 6.45) is 0.422. The Morgan fingerprint density at radius 3 is 2.67 bits per heavy atom. The molecule has 0 aliphatic carbocycles. The van der Waals surface area contributed by atoms with Crippen molar-refractivity contribution in [2.45, 2.75) is 20.3 Å². The van der Waals surface area contributed by atoms with Crippen molar-refractivity contribution in [1.29, 1.82) is 0 Å². The van der Waals surface area contributed by atoms with Crippen LogP contribution in [-0.2, 0) is 4.79 Å². The fraction of sp³-hybridized carbons (Fsp3) is 0.333. The van der Waals surface area contributed by atoms with Gasteiger partial charge in [0.15, 0.2) is 5.11 Å². The quantitative estimate of drug-likeness (QED) is 0.833. The highest BCUT2D eigenvalue weighted by Gasteiger charge is 2.09. The maximum absolute atomic E-state index is 11.5. The van der Waals surface area contributed by atoms with E-state index in [1.807, 2.05) is 13.8 Å². The summed E-state index contributed by atoms with van der Waals surface area (Å²) in [6.45, 7) is 3.92. The summed E-state index contributed by atoms with van der Waals surface area (Å²) in [7, 11) is 0. The van der Waals surface area contributed by atoms with Gasteiger partial charge in [-0.25, -0.2) is 0 Å². The van der Waals surface area contributed by atoms with E-state index < -0.39 is 0 Å². The predicted octanol–water partition coefficient (Wildman–Crippen LogP) is 3.85. The molecule has 1 rings (SSSR count). The van der Waals surface area contributed by atoms with E-state index in [1.165, 1.54) is 0 Å². The van der Waals surface area contributed by atoms with Gasteiger partial charge < -0.3 is 10.6 Å². The van der Waals surface area contributed by atoms with Crippen molar-refractivity contribution in [1.82, 2.24) is 5.32 Å². The average molecular weight is 305 g/mol. The molecule has 0 saturated carbocycles. The highest BCUT2D eigenvalue weighted by molar-refractivity contribution is 7.80. The van der Waals surface area contributed by atoms with Gasteiger partial charge in [0.1, 0.15) is 0 Å². The van der Waals surface area contributed by atoms with Crippen LogP contribution in [0.5, 0.6) is 0 Å². The number of hydrogen-bond acceptors (Lipinski definition) is 2. The minimum absolute atomic E-state index is 0.124. The molecule has 0 heterocycles. The molecular weight excluding hydrogens is 291 g/mol. The molecule has 18 heavy (non-hydrogen) atoms. The Labute approximate surface area is 122 Å². The second-order valence-corrected chi connectivity index (χ2v) is 5.40. The number of hydrogen-bond donors (Lipinski definition) is 2. The molecule has 3 nitrogen and oxygen atoms in total. The van der Waals surface area contributed by atoms with Crippen molar-refractivity contribution in [2.24, 2.45) is 5.92 Å². The molecule has 1 amide bonds. The van der Waals surface area contributed by atoms with Crippen LogP contribution in [-0.4, -0.2) is 11.0 Å². The van der Waals surface area contributed by atoms with Crippen molar-refractivity contribution < 1.29 is 4.79 Å². The van der Waals surface area contributed by atoms with E-state index >= 15 is 0 Å². The van der Waals surface area contributed by atoms with Crippen molar-refractivity contribution in [2.75, 3.05) is 5.32 Å². The second-order valence-electron chi connectivity index (χ2n) is 4.20. The van der Waals surface area contributed by atoms with Crippen molar-refractivity contribution in [3.63, 3.8) is 0 Å². The van der Waals surface area contributed by atoms with E-state index in [4.69, 9.17) is 35.4 Å². The van der Waals surface area contributed by atoms with Gasteiger partial charge in [0.25, 0.3) is 0 Å². The summed E-state index contributed by atoms with van der Waals surface area (Å²) in [5, 5.41) is 6.44. The maximum atomic E-state index is 11.5. The van der Waals surface area contributed by atoms with Crippen LogP contribution in [0.2, 0.25) is 10.0 Å². The lowest BCUT2D eigenvalue weighted by molar-refractivity contribution is -0.120. The van der Waals surface area contributed by atoms with Gasteiger partial charge in [-0.05, 0) is 30.3 Å². The first-order valence-corrected chi connectivity index (χ1v) is 6.61. The normalized spacial score (nSPS) is 10.3. The van der Waals surface area contributed by atoms with Gasteiger partial charge in [0, 0.05) is 6.42 Å². The SMILES string of the molecule is CC(C)CC(=O)NC(=S)Nc1cccc(Cl)c1Cl. The highest BCUT2D eigenvalue weighted by Crippen LogP contribution is 2.29. The predicted molar refractivity (Wildman–Crippen MR) is 80.3 cm³/mol. The van der Waals surface area contributed by atoms with Crippen LogP contribution in [0.4, 0.5) is 5.69 Å². The lowest BCUT2D eigenvalue weighted by Gasteiger charge is -2.12. The zero-order valence-corrected chi connectivity index (χ0v) is 12.4. The lowest BCUT2D eigenvalue weighted by atomic mass is 10.1. The maximum Gasteiger partial charge on any atom is 0.226 e. The minimum Gasteiger partial charge on any atom is -0.331 e. The van der Waals surface area contributed by atoms with E-state index in [9.17, 15) is 4.79 Å². The zero-order chi connectivity index (χ0) is 13.7. The zero-order valence-electron chi connectivity index (χ0n) is 10.1. The van der Waals surface area contributed by atoms with Gasteiger partial charge in [-0.2, -0.15) is 0 Å². The molecule has 0 aliphatic rings. The number of carbonyl (C=O) groups excluding carboxylic acids is 1. The fourth-order valence-corrected chi connectivity index (χ4v) is 1.87. The summed E-state index contributed by atoms with van der Waals surface area (Å²) < 4.78 is 0. The lowest BCUT2D eigenvalue weighted by Crippen LogP contribution is -2.34. The average Bonchev–Trinajstić information content (AvgIpc) is 2.23. The van der Waals surface area contributed by atoms with Crippen LogP contribution >= 0.6 is 35.4 Å². The van der Waals surface area contributed by atoms with E-state index in [1.54, 1.807) is 18.2 Å².